The number of rotatable bonds is 7. The van der Waals surface area contributed by atoms with Crippen molar-refractivity contribution in [2.45, 2.75) is 18.6 Å². The van der Waals surface area contributed by atoms with Crippen LogP contribution in [0.2, 0.25) is 0 Å². The molecule has 2 aromatic carbocycles. The van der Waals surface area contributed by atoms with Gasteiger partial charge in [-0.05, 0) is 48.9 Å². The highest BCUT2D eigenvalue weighted by Gasteiger charge is 2.18. The molecule has 6 nitrogen and oxygen atoms in total. The largest absolute Gasteiger partial charge is 0.454 e. The number of aromatic nitrogens is 2. The van der Waals surface area contributed by atoms with Gasteiger partial charge in [0.25, 0.3) is 0 Å². The summed E-state index contributed by atoms with van der Waals surface area (Å²) in [7, 11) is 0. The van der Waals surface area contributed by atoms with Crippen LogP contribution in [0.15, 0.2) is 64.5 Å². The molecule has 0 saturated heterocycles. The highest BCUT2D eigenvalue weighted by molar-refractivity contribution is 9.10. The average molecular weight is 474 g/mol. The molecule has 0 aliphatic carbocycles. The summed E-state index contributed by atoms with van der Waals surface area (Å²) in [6.07, 6.45) is 3.65. The number of amides is 1. The topological polar surface area (TPSA) is 56.6 Å². The maximum atomic E-state index is 12.8. The monoisotopic (exact) mass is 473 g/mol. The molecule has 4 rings (SSSR count). The fraction of sp³-hybridized carbons (Fsp3) is 0.238. The zero-order valence-corrected chi connectivity index (χ0v) is 18.3. The molecule has 1 aromatic heterocycles. The predicted molar refractivity (Wildman–Crippen MR) is 116 cm³/mol. The Morgan fingerprint density at radius 1 is 1.21 bits per heavy atom. The fourth-order valence-corrected chi connectivity index (χ4v) is 4.19. The molecule has 3 aromatic rings. The van der Waals surface area contributed by atoms with Gasteiger partial charge in [-0.15, -0.1) is 0 Å². The van der Waals surface area contributed by atoms with Crippen molar-refractivity contribution < 1.29 is 14.3 Å². The molecule has 150 valence electrons. The molecule has 0 N–H and O–H groups in total. The number of benzene rings is 2. The number of carbonyl (C=O) groups is 1. The number of imidazole rings is 1. The van der Waals surface area contributed by atoms with Crippen LogP contribution < -0.4 is 9.47 Å². The molecule has 0 unspecified atom stereocenters. The van der Waals surface area contributed by atoms with E-state index in [4.69, 9.17) is 9.47 Å². The van der Waals surface area contributed by atoms with Crippen molar-refractivity contribution in [1.29, 1.82) is 0 Å². The van der Waals surface area contributed by atoms with Gasteiger partial charge >= 0.3 is 0 Å². The number of halogens is 1. The van der Waals surface area contributed by atoms with Gasteiger partial charge < -0.3 is 14.4 Å². The van der Waals surface area contributed by atoms with Crippen LogP contribution in [0.4, 0.5) is 0 Å². The van der Waals surface area contributed by atoms with Crippen molar-refractivity contribution in [2.24, 2.45) is 0 Å². The summed E-state index contributed by atoms with van der Waals surface area (Å²) in [5.41, 5.74) is 2.03. The Balaban J connectivity index is 1.40. The molecule has 0 spiro atoms. The van der Waals surface area contributed by atoms with Crippen LogP contribution in [0.5, 0.6) is 11.5 Å². The van der Waals surface area contributed by atoms with Gasteiger partial charge in [-0.1, -0.05) is 33.8 Å². The van der Waals surface area contributed by atoms with Crippen LogP contribution in [0.3, 0.4) is 0 Å². The molecular formula is C21H20BrN3O3S. The predicted octanol–water partition coefficient (Wildman–Crippen LogP) is 4.50. The van der Waals surface area contributed by atoms with Crippen molar-refractivity contribution in [3.63, 3.8) is 0 Å². The summed E-state index contributed by atoms with van der Waals surface area (Å²) in [5.74, 6) is 1.88. The number of fused-ring (bicyclic) bond motifs is 1. The second kappa shape index (κ2) is 8.92. The van der Waals surface area contributed by atoms with Crippen LogP contribution in [-0.2, 0) is 11.3 Å². The minimum atomic E-state index is 0.0699. The van der Waals surface area contributed by atoms with Gasteiger partial charge in [-0.3, -0.25) is 9.36 Å². The molecule has 2 heterocycles. The molecule has 29 heavy (non-hydrogen) atoms. The smallest absolute Gasteiger partial charge is 0.233 e. The van der Waals surface area contributed by atoms with Gasteiger partial charge in [-0.25, -0.2) is 4.98 Å². The van der Waals surface area contributed by atoms with Gasteiger partial charge in [0.15, 0.2) is 16.7 Å². The lowest BCUT2D eigenvalue weighted by Crippen LogP contribution is -2.31. The summed E-state index contributed by atoms with van der Waals surface area (Å²) < 4.78 is 13.8. The number of nitrogens with zero attached hydrogens (tertiary/aromatic N) is 3. The molecule has 0 atom stereocenters. The van der Waals surface area contributed by atoms with E-state index in [1.165, 1.54) is 11.8 Å². The Labute approximate surface area is 182 Å². The van der Waals surface area contributed by atoms with E-state index in [2.05, 4.69) is 20.9 Å². The highest BCUT2D eigenvalue weighted by Crippen LogP contribution is 2.33. The first-order valence-corrected chi connectivity index (χ1v) is 11.0. The molecule has 1 aliphatic heterocycles. The number of hydrogen-bond donors (Lipinski definition) is 0. The third-order valence-electron chi connectivity index (χ3n) is 4.58. The van der Waals surface area contributed by atoms with Crippen LogP contribution in [0.25, 0.3) is 5.69 Å². The van der Waals surface area contributed by atoms with Crippen molar-refractivity contribution >= 4 is 33.6 Å². The zero-order valence-electron chi connectivity index (χ0n) is 15.9. The molecule has 1 aliphatic rings. The van der Waals surface area contributed by atoms with E-state index in [0.717, 1.165) is 32.4 Å². The molecule has 0 radical (unpaired) electrons. The maximum Gasteiger partial charge on any atom is 0.233 e. The standard InChI is InChI=1S/C21H20BrN3O3S/c1-2-24(12-15-3-8-18-19(11-15)28-14-27-18)20(26)13-29-21-23-9-10-25(21)17-6-4-16(22)5-7-17/h3-11H,2,12-14H2,1H3. The summed E-state index contributed by atoms with van der Waals surface area (Å²) in [5, 5.41) is 0.791. The number of thioether (sulfide) groups is 1. The van der Waals surface area contributed by atoms with Gasteiger partial charge in [-0.2, -0.15) is 0 Å². The minimum absolute atomic E-state index is 0.0699. The van der Waals surface area contributed by atoms with E-state index in [9.17, 15) is 4.79 Å². The third kappa shape index (κ3) is 4.59. The van der Waals surface area contributed by atoms with Gasteiger partial charge in [0.05, 0.1) is 5.75 Å². The van der Waals surface area contributed by atoms with E-state index < -0.39 is 0 Å². The number of carbonyl (C=O) groups excluding carboxylic acids is 1. The van der Waals surface area contributed by atoms with E-state index in [1.54, 1.807) is 6.20 Å². The molecular weight excluding hydrogens is 454 g/mol. The summed E-state index contributed by atoms with van der Waals surface area (Å²) >= 11 is 4.89. The first kappa shape index (κ1) is 19.8. The average Bonchev–Trinajstić information content (AvgIpc) is 3.39. The normalized spacial score (nSPS) is 12.2. The minimum Gasteiger partial charge on any atom is -0.454 e. The second-order valence-corrected chi connectivity index (χ2v) is 8.30. The lowest BCUT2D eigenvalue weighted by atomic mass is 10.2. The summed E-state index contributed by atoms with van der Waals surface area (Å²) in [4.78, 5) is 19.0. The second-order valence-electron chi connectivity index (χ2n) is 6.44. The van der Waals surface area contributed by atoms with Crippen molar-refractivity contribution in [1.82, 2.24) is 14.5 Å². The number of ether oxygens (including phenoxy) is 2. The van der Waals surface area contributed by atoms with E-state index in [1.807, 2.05) is 65.1 Å². The Bertz CT molecular complexity index is 1010. The fourth-order valence-electron chi connectivity index (χ4n) is 3.05. The van der Waals surface area contributed by atoms with Gasteiger partial charge in [0.1, 0.15) is 0 Å². The number of hydrogen-bond acceptors (Lipinski definition) is 5. The molecule has 1 amide bonds. The quantitative estimate of drug-likeness (QED) is 0.472. The van der Waals surface area contributed by atoms with Crippen LogP contribution in [0, 0.1) is 0 Å². The molecule has 0 saturated carbocycles. The van der Waals surface area contributed by atoms with E-state index >= 15 is 0 Å². The molecule has 0 bridgehead atoms. The van der Waals surface area contributed by atoms with Crippen LogP contribution in [-0.4, -0.2) is 39.4 Å². The van der Waals surface area contributed by atoms with Gasteiger partial charge in [0, 0.05) is 35.6 Å². The van der Waals surface area contributed by atoms with E-state index in [-0.39, 0.29) is 12.7 Å². The van der Waals surface area contributed by atoms with E-state index in [0.29, 0.717) is 18.8 Å². The Kier molecular flexibility index (Phi) is 6.10. The Morgan fingerprint density at radius 3 is 2.79 bits per heavy atom. The van der Waals surface area contributed by atoms with Crippen LogP contribution >= 0.6 is 27.7 Å². The molecule has 0 fully saturated rings. The van der Waals surface area contributed by atoms with Gasteiger partial charge in [0.2, 0.25) is 12.7 Å². The molecule has 8 heteroatoms. The van der Waals surface area contributed by atoms with Crippen molar-refractivity contribution in [2.75, 3.05) is 19.1 Å². The maximum absolute atomic E-state index is 12.8. The SMILES string of the molecule is CCN(Cc1ccc2c(c1)OCO2)C(=O)CSc1nccn1-c1ccc(Br)cc1. The lowest BCUT2D eigenvalue weighted by Gasteiger charge is -2.21. The first-order valence-electron chi connectivity index (χ1n) is 9.22. The third-order valence-corrected chi connectivity index (χ3v) is 6.06. The summed E-state index contributed by atoms with van der Waals surface area (Å²) in [6.45, 7) is 3.40. The summed E-state index contributed by atoms with van der Waals surface area (Å²) in [6, 6.07) is 13.8. The van der Waals surface area contributed by atoms with Crippen LogP contribution in [0.1, 0.15) is 12.5 Å². The first-order chi connectivity index (χ1) is 14.1. The lowest BCUT2D eigenvalue weighted by molar-refractivity contribution is -0.128. The zero-order chi connectivity index (χ0) is 20.2. The Hall–Kier alpha value is -2.45. The van der Waals surface area contributed by atoms with Crippen molar-refractivity contribution in [3.8, 4) is 17.2 Å². The highest BCUT2D eigenvalue weighted by atomic mass is 79.9. The Morgan fingerprint density at radius 2 is 2.00 bits per heavy atom. The van der Waals surface area contributed by atoms with Crippen molar-refractivity contribution in [3.05, 3.63) is 64.9 Å².